The number of thioether (sulfide) groups is 1. The normalized spacial score (nSPS) is 19.6. The van der Waals surface area contributed by atoms with E-state index in [-0.39, 0.29) is 11.8 Å². The number of aromatic hydroxyl groups is 1. The summed E-state index contributed by atoms with van der Waals surface area (Å²) in [6.07, 6.45) is 2.41. The second-order valence-corrected chi connectivity index (χ2v) is 4.23. The fourth-order valence-electron chi connectivity index (χ4n) is 1.56. The van der Waals surface area contributed by atoms with E-state index in [4.69, 9.17) is 0 Å². The Morgan fingerprint density at radius 3 is 3.21 bits per heavy atom. The molecule has 0 aromatic heterocycles. The largest absolute Gasteiger partial charge is 0.508 e. The van der Waals surface area contributed by atoms with Crippen LogP contribution in [0.4, 0.5) is 0 Å². The van der Waals surface area contributed by atoms with E-state index in [1.807, 2.05) is 6.07 Å². The maximum Gasteiger partial charge on any atom is 0.235 e. The fraction of sp³-hybridized carbons (Fsp3) is 0.300. The minimum atomic E-state index is -0.129. The molecule has 0 saturated heterocycles. The number of hydrogen-bond donors (Lipinski definition) is 1. The van der Waals surface area contributed by atoms with Crippen molar-refractivity contribution in [1.29, 1.82) is 0 Å². The lowest BCUT2D eigenvalue weighted by atomic mass is 10.0. The highest BCUT2D eigenvalue weighted by molar-refractivity contribution is 7.99. The summed E-state index contributed by atoms with van der Waals surface area (Å²) in [6, 6.07) is 5.06. The van der Waals surface area contributed by atoms with Crippen LogP contribution in [0.1, 0.15) is 18.0 Å². The number of rotatable bonds is 1. The van der Waals surface area contributed by atoms with Crippen molar-refractivity contribution in [2.24, 2.45) is 4.99 Å². The molecule has 0 radical (unpaired) electrons. The van der Waals surface area contributed by atoms with E-state index < -0.39 is 0 Å². The Labute approximate surface area is 85.9 Å². The van der Waals surface area contributed by atoms with Gasteiger partial charge < -0.3 is 5.11 Å². The maximum absolute atomic E-state index is 10.2. The topological polar surface area (TPSA) is 49.7 Å². The number of nitrogens with zero attached hydrogens (tertiary/aromatic N) is 1. The zero-order valence-electron chi connectivity index (χ0n) is 7.43. The zero-order chi connectivity index (χ0) is 9.97. The van der Waals surface area contributed by atoms with Crippen LogP contribution < -0.4 is 0 Å². The van der Waals surface area contributed by atoms with Gasteiger partial charge in [-0.1, -0.05) is 0 Å². The average Bonchev–Trinajstić information content (AvgIpc) is 2.19. The van der Waals surface area contributed by atoms with Gasteiger partial charge in [0, 0.05) is 10.6 Å². The fourth-order valence-corrected chi connectivity index (χ4v) is 2.65. The SMILES string of the molecule is O=C=NC1CCSc2ccc(O)cc21. The predicted molar refractivity (Wildman–Crippen MR) is 54.3 cm³/mol. The van der Waals surface area contributed by atoms with E-state index in [2.05, 4.69) is 4.99 Å². The first-order valence-corrected chi connectivity index (χ1v) is 5.32. The number of aliphatic imine (C=N–C) groups is 1. The maximum atomic E-state index is 10.2. The Morgan fingerprint density at radius 2 is 2.43 bits per heavy atom. The standard InChI is InChI=1S/C10H9NO2S/c12-6-11-9-3-4-14-10-2-1-7(13)5-8(9)10/h1-2,5,9,13H,3-4H2. The molecule has 0 spiro atoms. The number of phenolic OH excluding ortho intramolecular Hbond substituents is 1. The zero-order valence-corrected chi connectivity index (χ0v) is 8.25. The van der Waals surface area contributed by atoms with Crippen LogP contribution in [0.25, 0.3) is 0 Å². The first-order valence-electron chi connectivity index (χ1n) is 4.34. The Balaban J connectivity index is 2.46. The molecular formula is C10H9NO2S. The van der Waals surface area contributed by atoms with Gasteiger partial charge in [-0.3, -0.25) is 0 Å². The summed E-state index contributed by atoms with van der Waals surface area (Å²) in [6.45, 7) is 0. The monoisotopic (exact) mass is 207 g/mol. The smallest absolute Gasteiger partial charge is 0.235 e. The summed E-state index contributed by atoms with van der Waals surface area (Å²) >= 11 is 1.73. The van der Waals surface area contributed by atoms with Crippen molar-refractivity contribution in [2.75, 3.05) is 5.75 Å². The molecule has 1 aliphatic heterocycles. The molecular weight excluding hydrogens is 198 g/mol. The Morgan fingerprint density at radius 1 is 1.57 bits per heavy atom. The number of benzene rings is 1. The van der Waals surface area contributed by atoms with Crippen LogP contribution in [0, 0.1) is 0 Å². The van der Waals surface area contributed by atoms with Crippen molar-refractivity contribution in [2.45, 2.75) is 17.4 Å². The van der Waals surface area contributed by atoms with Gasteiger partial charge in [-0.25, -0.2) is 4.79 Å². The molecule has 72 valence electrons. The molecule has 0 amide bonds. The molecule has 3 nitrogen and oxygen atoms in total. The van der Waals surface area contributed by atoms with Crippen molar-refractivity contribution >= 4 is 17.8 Å². The first kappa shape index (κ1) is 9.31. The van der Waals surface area contributed by atoms with Crippen LogP contribution in [-0.4, -0.2) is 16.9 Å². The predicted octanol–water partition coefficient (Wildman–Crippen LogP) is 2.26. The minimum Gasteiger partial charge on any atom is -0.508 e. The quantitative estimate of drug-likeness (QED) is 0.567. The van der Waals surface area contributed by atoms with Gasteiger partial charge >= 0.3 is 0 Å². The molecule has 1 aromatic rings. The highest BCUT2D eigenvalue weighted by Gasteiger charge is 2.20. The van der Waals surface area contributed by atoms with Gasteiger partial charge in [0.2, 0.25) is 6.08 Å². The molecule has 1 N–H and O–H groups in total. The molecule has 1 aliphatic rings. The summed E-state index contributed by atoms with van der Waals surface area (Å²) in [7, 11) is 0. The lowest BCUT2D eigenvalue weighted by Crippen LogP contribution is -2.04. The number of hydrogen-bond acceptors (Lipinski definition) is 4. The third-order valence-corrected chi connectivity index (χ3v) is 3.33. The van der Waals surface area contributed by atoms with Gasteiger partial charge in [-0.05, 0) is 30.2 Å². The molecule has 1 unspecified atom stereocenters. The summed E-state index contributed by atoms with van der Waals surface area (Å²) in [5.74, 6) is 1.17. The molecule has 1 atom stereocenters. The number of phenols is 1. The first-order chi connectivity index (χ1) is 6.81. The van der Waals surface area contributed by atoms with Gasteiger partial charge in [0.15, 0.2) is 0 Å². The van der Waals surface area contributed by atoms with E-state index in [9.17, 15) is 9.90 Å². The third kappa shape index (κ3) is 1.67. The van der Waals surface area contributed by atoms with Crippen LogP contribution in [0.2, 0.25) is 0 Å². The molecule has 0 aliphatic carbocycles. The van der Waals surface area contributed by atoms with E-state index in [0.29, 0.717) is 0 Å². The number of fused-ring (bicyclic) bond motifs is 1. The second kappa shape index (κ2) is 3.86. The van der Waals surface area contributed by atoms with Crippen molar-refractivity contribution in [3.05, 3.63) is 23.8 Å². The van der Waals surface area contributed by atoms with Gasteiger partial charge in [0.25, 0.3) is 0 Å². The van der Waals surface area contributed by atoms with Crippen LogP contribution in [-0.2, 0) is 4.79 Å². The van der Waals surface area contributed by atoms with E-state index in [1.165, 1.54) is 0 Å². The Kier molecular flexibility index (Phi) is 2.57. The molecule has 1 heterocycles. The van der Waals surface area contributed by atoms with Crippen molar-refractivity contribution in [1.82, 2.24) is 0 Å². The average molecular weight is 207 g/mol. The Bertz CT molecular complexity index is 399. The molecule has 14 heavy (non-hydrogen) atoms. The van der Waals surface area contributed by atoms with Gasteiger partial charge in [0.1, 0.15) is 5.75 Å². The van der Waals surface area contributed by atoms with Crippen LogP contribution in [0.15, 0.2) is 28.1 Å². The van der Waals surface area contributed by atoms with Crippen molar-refractivity contribution < 1.29 is 9.90 Å². The van der Waals surface area contributed by atoms with Gasteiger partial charge in [-0.15, -0.1) is 11.8 Å². The van der Waals surface area contributed by atoms with Crippen LogP contribution in [0.3, 0.4) is 0 Å². The Hall–Kier alpha value is -1.25. The van der Waals surface area contributed by atoms with E-state index in [0.717, 1.165) is 22.6 Å². The number of carbonyl (C=O) groups excluding carboxylic acids is 1. The highest BCUT2D eigenvalue weighted by atomic mass is 32.2. The summed E-state index contributed by atoms with van der Waals surface area (Å²) in [4.78, 5) is 15.0. The number of isocyanates is 1. The summed E-state index contributed by atoms with van der Waals surface area (Å²) in [5, 5.41) is 9.32. The molecule has 1 aromatic carbocycles. The van der Waals surface area contributed by atoms with Crippen LogP contribution in [0.5, 0.6) is 5.75 Å². The molecule has 4 heteroatoms. The molecule has 2 rings (SSSR count). The van der Waals surface area contributed by atoms with E-state index in [1.54, 1.807) is 30.0 Å². The minimum absolute atomic E-state index is 0.129. The van der Waals surface area contributed by atoms with Crippen LogP contribution >= 0.6 is 11.8 Å². The second-order valence-electron chi connectivity index (χ2n) is 3.10. The lowest BCUT2D eigenvalue weighted by Gasteiger charge is -2.20. The molecule has 0 fully saturated rings. The lowest BCUT2D eigenvalue weighted by molar-refractivity contribution is 0.472. The van der Waals surface area contributed by atoms with Gasteiger partial charge in [-0.2, -0.15) is 4.99 Å². The molecule has 0 bridgehead atoms. The van der Waals surface area contributed by atoms with Crippen molar-refractivity contribution in [3.8, 4) is 5.75 Å². The third-order valence-electron chi connectivity index (χ3n) is 2.21. The van der Waals surface area contributed by atoms with Crippen molar-refractivity contribution in [3.63, 3.8) is 0 Å². The summed E-state index contributed by atoms with van der Waals surface area (Å²) < 4.78 is 0. The van der Waals surface area contributed by atoms with Gasteiger partial charge in [0.05, 0.1) is 6.04 Å². The molecule has 0 saturated carbocycles. The highest BCUT2D eigenvalue weighted by Crippen LogP contribution is 2.39. The van der Waals surface area contributed by atoms with E-state index >= 15 is 0 Å². The summed E-state index contributed by atoms with van der Waals surface area (Å²) in [5.41, 5.74) is 0.935.